The SMILES string of the molecule is O=C(NCc1cccc(OCC(F)(F)F)c1)C1(n2cccn2)CCNCC1. The van der Waals surface area contributed by atoms with E-state index in [9.17, 15) is 18.0 Å². The van der Waals surface area contributed by atoms with E-state index in [4.69, 9.17) is 4.74 Å². The first-order chi connectivity index (χ1) is 12.9. The molecule has 9 heteroatoms. The fourth-order valence-electron chi connectivity index (χ4n) is 3.18. The van der Waals surface area contributed by atoms with Crippen LogP contribution in [-0.2, 0) is 16.9 Å². The van der Waals surface area contributed by atoms with Gasteiger partial charge in [0.15, 0.2) is 6.61 Å². The van der Waals surface area contributed by atoms with Crippen molar-refractivity contribution in [3.8, 4) is 5.75 Å². The predicted molar refractivity (Wildman–Crippen MR) is 92.1 cm³/mol. The Hall–Kier alpha value is -2.55. The summed E-state index contributed by atoms with van der Waals surface area (Å²) in [7, 11) is 0. The fraction of sp³-hybridized carbons (Fsp3) is 0.444. The molecule has 1 aromatic carbocycles. The van der Waals surface area contributed by atoms with Crippen LogP contribution in [0.5, 0.6) is 5.75 Å². The van der Waals surface area contributed by atoms with Crippen LogP contribution in [0, 0.1) is 0 Å². The number of benzene rings is 1. The maximum absolute atomic E-state index is 13.0. The van der Waals surface area contributed by atoms with Crippen LogP contribution in [0.1, 0.15) is 18.4 Å². The first-order valence-corrected chi connectivity index (χ1v) is 8.67. The molecular weight excluding hydrogens is 361 g/mol. The lowest BCUT2D eigenvalue weighted by Crippen LogP contribution is -2.54. The fourth-order valence-corrected chi connectivity index (χ4v) is 3.18. The van der Waals surface area contributed by atoms with Gasteiger partial charge < -0.3 is 15.4 Å². The molecule has 0 saturated carbocycles. The molecule has 3 rings (SSSR count). The Bertz CT molecular complexity index is 756. The number of nitrogens with one attached hydrogen (secondary N) is 2. The Morgan fingerprint density at radius 2 is 2.07 bits per heavy atom. The molecule has 1 aliphatic heterocycles. The largest absolute Gasteiger partial charge is 0.484 e. The van der Waals surface area contributed by atoms with E-state index in [1.807, 2.05) is 0 Å². The Morgan fingerprint density at radius 3 is 2.74 bits per heavy atom. The molecule has 0 atom stereocenters. The normalized spacial score (nSPS) is 16.7. The van der Waals surface area contributed by atoms with Crippen molar-refractivity contribution in [1.29, 1.82) is 0 Å². The lowest BCUT2D eigenvalue weighted by Gasteiger charge is -2.36. The van der Waals surface area contributed by atoms with Gasteiger partial charge >= 0.3 is 6.18 Å². The first kappa shape index (κ1) is 19.2. The summed E-state index contributed by atoms with van der Waals surface area (Å²) in [4.78, 5) is 13.0. The van der Waals surface area contributed by atoms with E-state index in [2.05, 4.69) is 15.7 Å². The monoisotopic (exact) mass is 382 g/mol. The highest BCUT2D eigenvalue weighted by Gasteiger charge is 2.41. The molecule has 1 aromatic heterocycles. The molecule has 0 aliphatic carbocycles. The summed E-state index contributed by atoms with van der Waals surface area (Å²) in [5.41, 5.74) is -0.105. The van der Waals surface area contributed by atoms with Gasteiger partial charge in [0.25, 0.3) is 0 Å². The van der Waals surface area contributed by atoms with E-state index in [1.165, 1.54) is 12.1 Å². The Balaban J connectivity index is 1.66. The standard InChI is InChI=1S/C18H21F3N4O2/c19-18(20,21)13-27-15-4-1-3-14(11-15)12-23-16(26)17(5-8-22-9-6-17)25-10-2-7-24-25/h1-4,7,10-11,22H,5-6,8-9,12-13H2,(H,23,26). The minimum Gasteiger partial charge on any atom is -0.484 e. The minimum absolute atomic E-state index is 0.114. The average Bonchev–Trinajstić information content (AvgIpc) is 3.20. The third kappa shape index (κ3) is 4.79. The number of rotatable bonds is 6. The van der Waals surface area contributed by atoms with Crippen molar-refractivity contribution >= 4 is 5.91 Å². The number of aromatic nitrogens is 2. The summed E-state index contributed by atoms with van der Waals surface area (Å²) in [5.74, 6) is -0.0444. The molecule has 6 nitrogen and oxygen atoms in total. The Kier molecular flexibility index (Phi) is 5.69. The first-order valence-electron chi connectivity index (χ1n) is 8.67. The quantitative estimate of drug-likeness (QED) is 0.804. The van der Waals surface area contributed by atoms with Crippen molar-refractivity contribution in [3.63, 3.8) is 0 Å². The number of hydrogen-bond donors (Lipinski definition) is 2. The second-order valence-corrected chi connectivity index (χ2v) is 6.47. The van der Waals surface area contributed by atoms with E-state index >= 15 is 0 Å². The maximum atomic E-state index is 13.0. The van der Waals surface area contributed by atoms with Gasteiger partial charge in [-0.2, -0.15) is 18.3 Å². The van der Waals surface area contributed by atoms with Gasteiger partial charge in [0.1, 0.15) is 11.3 Å². The van der Waals surface area contributed by atoms with Gasteiger partial charge in [-0.1, -0.05) is 12.1 Å². The molecule has 1 fully saturated rings. The molecule has 1 amide bonds. The molecule has 0 bridgehead atoms. The molecule has 0 radical (unpaired) electrons. The van der Waals surface area contributed by atoms with Crippen LogP contribution in [0.2, 0.25) is 0 Å². The highest BCUT2D eigenvalue weighted by molar-refractivity contribution is 5.84. The molecular formula is C18H21F3N4O2. The van der Waals surface area contributed by atoms with E-state index in [-0.39, 0.29) is 18.2 Å². The average molecular weight is 382 g/mol. The summed E-state index contributed by atoms with van der Waals surface area (Å²) < 4.78 is 43.3. The third-order valence-electron chi connectivity index (χ3n) is 4.55. The number of amides is 1. The summed E-state index contributed by atoms with van der Waals surface area (Å²) in [6.45, 7) is 0.249. The maximum Gasteiger partial charge on any atom is 0.422 e. The van der Waals surface area contributed by atoms with Crippen LogP contribution < -0.4 is 15.4 Å². The predicted octanol–water partition coefficient (Wildman–Crippen LogP) is 2.22. The number of hydrogen-bond acceptors (Lipinski definition) is 4. The Labute approximate surface area is 154 Å². The molecule has 27 heavy (non-hydrogen) atoms. The van der Waals surface area contributed by atoms with Gasteiger partial charge in [-0.3, -0.25) is 9.48 Å². The molecule has 2 aromatic rings. The third-order valence-corrected chi connectivity index (χ3v) is 4.55. The van der Waals surface area contributed by atoms with Gasteiger partial charge in [0.2, 0.25) is 5.91 Å². The van der Waals surface area contributed by atoms with Crippen molar-refractivity contribution in [2.24, 2.45) is 0 Å². The van der Waals surface area contributed by atoms with Crippen LogP contribution in [-0.4, -0.2) is 41.6 Å². The number of piperidine rings is 1. The van der Waals surface area contributed by atoms with Crippen molar-refractivity contribution in [2.75, 3.05) is 19.7 Å². The number of carbonyl (C=O) groups excluding carboxylic acids is 1. The van der Waals surface area contributed by atoms with Crippen molar-refractivity contribution in [2.45, 2.75) is 31.1 Å². The van der Waals surface area contributed by atoms with E-state index < -0.39 is 18.3 Å². The lowest BCUT2D eigenvalue weighted by molar-refractivity contribution is -0.153. The summed E-state index contributed by atoms with van der Waals surface area (Å²) in [6.07, 6.45) is 0.231. The highest BCUT2D eigenvalue weighted by atomic mass is 19.4. The molecule has 146 valence electrons. The number of nitrogens with zero attached hydrogens (tertiary/aromatic N) is 2. The highest BCUT2D eigenvalue weighted by Crippen LogP contribution is 2.27. The molecule has 2 heterocycles. The van der Waals surface area contributed by atoms with Gasteiger partial charge in [-0.25, -0.2) is 0 Å². The van der Waals surface area contributed by atoms with Crippen LogP contribution in [0.25, 0.3) is 0 Å². The lowest BCUT2D eigenvalue weighted by atomic mass is 9.87. The number of halogens is 3. The molecule has 1 saturated heterocycles. The van der Waals surface area contributed by atoms with Gasteiger partial charge in [0.05, 0.1) is 0 Å². The Morgan fingerprint density at radius 1 is 1.30 bits per heavy atom. The van der Waals surface area contributed by atoms with E-state index in [1.54, 1.807) is 35.3 Å². The second kappa shape index (κ2) is 7.99. The number of carbonyl (C=O) groups is 1. The van der Waals surface area contributed by atoms with Gasteiger partial charge in [0, 0.05) is 18.9 Å². The van der Waals surface area contributed by atoms with E-state index in [0.29, 0.717) is 31.5 Å². The zero-order valence-electron chi connectivity index (χ0n) is 14.6. The summed E-state index contributed by atoms with van der Waals surface area (Å²) in [5, 5.41) is 10.4. The molecule has 0 unspecified atom stereocenters. The van der Waals surface area contributed by atoms with Gasteiger partial charge in [-0.05, 0) is 49.7 Å². The van der Waals surface area contributed by atoms with Crippen molar-refractivity contribution in [1.82, 2.24) is 20.4 Å². The topological polar surface area (TPSA) is 68.2 Å². The summed E-state index contributed by atoms with van der Waals surface area (Å²) in [6, 6.07) is 8.05. The zero-order valence-corrected chi connectivity index (χ0v) is 14.6. The summed E-state index contributed by atoms with van der Waals surface area (Å²) >= 11 is 0. The molecule has 2 N–H and O–H groups in total. The van der Waals surface area contributed by atoms with Crippen LogP contribution >= 0.6 is 0 Å². The second-order valence-electron chi connectivity index (χ2n) is 6.47. The molecule has 1 aliphatic rings. The zero-order chi connectivity index (χ0) is 19.3. The van der Waals surface area contributed by atoms with Gasteiger partial charge in [-0.15, -0.1) is 0 Å². The van der Waals surface area contributed by atoms with Crippen LogP contribution in [0.3, 0.4) is 0 Å². The number of ether oxygens (including phenoxy) is 1. The van der Waals surface area contributed by atoms with Crippen LogP contribution in [0.4, 0.5) is 13.2 Å². The van der Waals surface area contributed by atoms with Crippen LogP contribution in [0.15, 0.2) is 42.7 Å². The molecule has 0 spiro atoms. The smallest absolute Gasteiger partial charge is 0.422 e. The van der Waals surface area contributed by atoms with Crippen molar-refractivity contribution in [3.05, 3.63) is 48.3 Å². The minimum atomic E-state index is -4.39. The van der Waals surface area contributed by atoms with E-state index in [0.717, 1.165) is 0 Å². The number of alkyl halides is 3. The van der Waals surface area contributed by atoms with Crippen molar-refractivity contribution < 1.29 is 22.7 Å².